The lowest BCUT2D eigenvalue weighted by molar-refractivity contribution is -0.126. The van der Waals surface area contributed by atoms with Gasteiger partial charge < -0.3 is 0 Å². The Morgan fingerprint density at radius 1 is 1.33 bits per heavy atom. The summed E-state index contributed by atoms with van der Waals surface area (Å²) in [5.41, 5.74) is 0.937. The third kappa shape index (κ3) is 3.61. The normalized spacial score (nSPS) is 19.7. The molecule has 2 rings (SSSR count). The van der Waals surface area contributed by atoms with E-state index >= 15 is 0 Å². The molecule has 0 spiro atoms. The van der Waals surface area contributed by atoms with Gasteiger partial charge in [-0.1, -0.05) is 28.1 Å². The SMILES string of the molecule is O=C(Cc1cccc(Br)c1)C1CCC(F)(F)CC1. The fraction of sp³-hybridized carbons (Fsp3) is 0.500. The molecule has 0 radical (unpaired) electrons. The quantitative estimate of drug-likeness (QED) is 0.808. The third-order valence-corrected chi connectivity index (χ3v) is 3.93. The van der Waals surface area contributed by atoms with Crippen molar-refractivity contribution in [3.63, 3.8) is 0 Å². The summed E-state index contributed by atoms with van der Waals surface area (Å²) in [5.74, 6) is -2.67. The van der Waals surface area contributed by atoms with E-state index in [-0.39, 0.29) is 24.5 Å². The van der Waals surface area contributed by atoms with Gasteiger partial charge in [-0.15, -0.1) is 0 Å². The van der Waals surface area contributed by atoms with Crippen molar-refractivity contribution in [2.24, 2.45) is 5.92 Å². The second kappa shape index (κ2) is 5.47. The lowest BCUT2D eigenvalue weighted by atomic mass is 9.82. The highest BCUT2D eigenvalue weighted by Crippen LogP contribution is 2.36. The van der Waals surface area contributed by atoms with Crippen LogP contribution in [0, 0.1) is 5.92 Å². The van der Waals surface area contributed by atoms with E-state index in [0.29, 0.717) is 19.3 Å². The molecule has 1 aliphatic rings. The van der Waals surface area contributed by atoms with Gasteiger partial charge in [-0.05, 0) is 30.5 Å². The van der Waals surface area contributed by atoms with Crippen LogP contribution in [0.5, 0.6) is 0 Å². The van der Waals surface area contributed by atoms with E-state index in [2.05, 4.69) is 15.9 Å². The second-order valence-electron chi connectivity index (χ2n) is 4.90. The summed E-state index contributed by atoms with van der Waals surface area (Å²) in [6, 6.07) is 7.56. The Labute approximate surface area is 114 Å². The van der Waals surface area contributed by atoms with Gasteiger partial charge in [0.15, 0.2) is 0 Å². The van der Waals surface area contributed by atoms with Gasteiger partial charge in [-0.25, -0.2) is 8.78 Å². The van der Waals surface area contributed by atoms with Crippen molar-refractivity contribution in [1.82, 2.24) is 0 Å². The molecule has 1 nitrogen and oxygen atoms in total. The van der Waals surface area contributed by atoms with Crippen molar-refractivity contribution in [3.8, 4) is 0 Å². The summed E-state index contributed by atoms with van der Waals surface area (Å²) in [6.45, 7) is 0. The number of halogens is 3. The number of Topliss-reactive ketones (excluding diaryl/α,β-unsaturated/α-hetero) is 1. The summed E-state index contributed by atoms with van der Waals surface area (Å²) in [4.78, 5) is 12.0. The standard InChI is InChI=1S/C14H15BrF2O/c15-12-3-1-2-10(8-12)9-13(18)11-4-6-14(16,17)7-5-11/h1-3,8,11H,4-7,9H2. The minimum absolute atomic E-state index is 0.0867. The molecule has 1 fully saturated rings. The van der Waals surface area contributed by atoms with E-state index in [9.17, 15) is 13.6 Å². The fourth-order valence-electron chi connectivity index (χ4n) is 2.35. The largest absolute Gasteiger partial charge is 0.299 e. The van der Waals surface area contributed by atoms with Crippen molar-refractivity contribution < 1.29 is 13.6 Å². The van der Waals surface area contributed by atoms with Crippen LogP contribution in [0.1, 0.15) is 31.2 Å². The third-order valence-electron chi connectivity index (χ3n) is 3.44. The van der Waals surface area contributed by atoms with E-state index in [1.165, 1.54) is 0 Å². The maximum Gasteiger partial charge on any atom is 0.248 e. The van der Waals surface area contributed by atoms with E-state index in [1.807, 2.05) is 24.3 Å². The Kier molecular flexibility index (Phi) is 4.15. The molecule has 0 heterocycles. The van der Waals surface area contributed by atoms with Gasteiger partial charge in [0.1, 0.15) is 5.78 Å². The van der Waals surface area contributed by atoms with Gasteiger partial charge in [0.25, 0.3) is 0 Å². The Morgan fingerprint density at radius 3 is 2.61 bits per heavy atom. The van der Waals surface area contributed by atoms with Crippen LogP contribution in [0.2, 0.25) is 0 Å². The van der Waals surface area contributed by atoms with Crippen LogP contribution >= 0.6 is 15.9 Å². The Bertz CT molecular complexity index is 435. The van der Waals surface area contributed by atoms with E-state index in [1.54, 1.807) is 0 Å². The molecule has 0 aromatic heterocycles. The summed E-state index contributed by atoms with van der Waals surface area (Å²) < 4.78 is 26.9. The molecule has 0 aliphatic heterocycles. The van der Waals surface area contributed by atoms with Crippen LogP contribution in [-0.4, -0.2) is 11.7 Å². The summed E-state index contributed by atoms with van der Waals surface area (Å²) in [6.07, 6.45) is 0.680. The zero-order valence-electron chi connectivity index (χ0n) is 9.96. The minimum Gasteiger partial charge on any atom is -0.299 e. The number of hydrogen-bond donors (Lipinski definition) is 0. The van der Waals surface area contributed by atoms with E-state index < -0.39 is 5.92 Å². The van der Waals surface area contributed by atoms with E-state index in [4.69, 9.17) is 0 Å². The monoisotopic (exact) mass is 316 g/mol. The predicted octanol–water partition coefficient (Wildman–Crippen LogP) is 4.39. The molecular weight excluding hydrogens is 302 g/mol. The van der Waals surface area contributed by atoms with E-state index in [0.717, 1.165) is 10.0 Å². The average molecular weight is 317 g/mol. The van der Waals surface area contributed by atoms with Crippen molar-refractivity contribution in [2.75, 3.05) is 0 Å². The molecule has 0 bridgehead atoms. The number of hydrogen-bond acceptors (Lipinski definition) is 1. The number of alkyl halides is 2. The predicted molar refractivity (Wildman–Crippen MR) is 69.8 cm³/mol. The molecule has 0 unspecified atom stereocenters. The number of benzene rings is 1. The van der Waals surface area contributed by atoms with Gasteiger partial charge in [0.2, 0.25) is 5.92 Å². The van der Waals surface area contributed by atoms with Crippen LogP contribution < -0.4 is 0 Å². The molecule has 1 aromatic carbocycles. The van der Waals surface area contributed by atoms with Gasteiger partial charge in [0, 0.05) is 29.7 Å². The van der Waals surface area contributed by atoms with Gasteiger partial charge in [-0.2, -0.15) is 0 Å². The highest BCUT2D eigenvalue weighted by Gasteiger charge is 2.37. The zero-order valence-corrected chi connectivity index (χ0v) is 11.6. The van der Waals surface area contributed by atoms with Crippen molar-refractivity contribution in [1.29, 1.82) is 0 Å². The minimum atomic E-state index is -2.56. The van der Waals surface area contributed by atoms with Crippen LogP contribution in [0.3, 0.4) is 0 Å². The Hall–Kier alpha value is -0.770. The lowest BCUT2D eigenvalue weighted by Gasteiger charge is -2.27. The number of carbonyl (C=O) groups is 1. The van der Waals surface area contributed by atoms with Crippen LogP contribution in [0.15, 0.2) is 28.7 Å². The highest BCUT2D eigenvalue weighted by molar-refractivity contribution is 9.10. The first kappa shape index (κ1) is 13.7. The first-order chi connectivity index (χ1) is 8.46. The number of ketones is 1. The van der Waals surface area contributed by atoms with Crippen molar-refractivity contribution in [2.45, 2.75) is 38.0 Å². The first-order valence-electron chi connectivity index (χ1n) is 6.11. The lowest BCUT2D eigenvalue weighted by Crippen LogP contribution is -2.29. The molecular formula is C14H15BrF2O. The summed E-state index contributed by atoms with van der Waals surface area (Å²) in [5, 5.41) is 0. The second-order valence-corrected chi connectivity index (χ2v) is 5.82. The van der Waals surface area contributed by atoms with Gasteiger partial charge in [0.05, 0.1) is 0 Å². The van der Waals surface area contributed by atoms with Crippen molar-refractivity contribution >= 4 is 21.7 Å². The Morgan fingerprint density at radius 2 is 2.00 bits per heavy atom. The molecule has 18 heavy (non-hydrogen) atoms. The number of carbonyl (C=O) groups excluding carboxylic acids is 1. The van der Waals surface area contributed by atoms with Gasteiger partial charge in [-0.3, -0.25) is 4.79 Å². The van der Waals surface area contributed by atoms with Crippen molar-refractivity contribution in [3.05, 3.63) is 34.3 Å². The number of rotatable bonds is 3. The summed E-state index contributed by atoms with van der Waals surface area (Å²) in [7, 11) is 0. The highest BCUT2D eigenvalue weighted by atomic mass is 79.9. The topological polar surface area (TPSA) is 17.1 Å². The molecule has 0 saturated heterocycles. The average Bonchev–Trinajstić information content (AvgIpc) is 2.28. The molecule has 0 amide bonds. The maximum atomic E-state index is 13.0. The fourth-order valence-corrected chi connectivity index (χ4v) is 2.80. The van der Waals surface area contributed by atoms with Crippen LogP contribution in [0.4, 0.5) is 8.78 Å². The Balaban J connectivity index is 1.93. The molecule has 1 aromatic rings. The maximum absolute atomic E-state index is 13.0. The summed E-state index contributed by atoms with van der Waals surface area (Å²) >= 11 is 3.35. The van der Waals surface area contributed by atoms with Crippen LogP contribution in [-0.2, 0) is 11.2 Å². The first-order valence-corrected chi connectivity index (χ1v) is 6.90. The molecule has 0 atom stereocenters. The molecule has 1 aliphatic carbocycles. The zero-order chi connectivity index (χ0) is 13.2. The molecule has 98 valence electrons. The molecule has 4 heteroatoms. The van der Waals surface area contributed by atoms with Gasteiger partial charge >= 0.3 is 0 Å². The van der Waals surface area contributed by atoms with Crippen LogP contribution in [0.25, 0.3) is 0 Å². The molecule has 1 saturated carbocycles. The molecule has 0 N–H and O–H groups in total. The smallest absolute Gasteiger partial charge is 0.248 e.